The minimum atomic E-state index is -3.82. The average molecular weight is 291 g/mol. The highest BCUT2D eigenvalue weighted by Gasteiger charge is 2.25. The third kappa shape index (κ3) is 3.75. The zero-order valence-electron chi connectivity index (χ0n) is 10.9. The summed E-state index contributed by atoms with van der Waals surface area (Å²) in [4.78, 5) is 10.6. The van der Waals surface area contributed by atoms with Gasteiger partial charge >= 0.3 is 5.97 Å². The number of nitrogens with one attached hydrogen (secondary N) is 1. The molecule has 1 aromatic heterocycles. The maximum atomic E-state index is 12.1. The summed E-state index contributed by atoms with van der Waals surface area (Å²) in [7, 11) is -3.82. The van der Waals surface area contributed by atoms with Gasteiger partial charge in [0.25, 0.3) is 0 Å². The van der Waals surface area contributed by atoms with Gasteiger partial charge in [0.1, 0.15) is 11.4 Å². The fraction of sp³-hybridized carbons (Fsp3) is 0.600. The molecule has 0 bridgehead atoms. The smallest absolute Gasteiger partial charge is 0.325 e. The van der Waals surface area contributed by atoms with Gasteiger partial charge in [0.05, 0.1) is 17.5 Å². The van der Waals surface area contributed by atoms with E-state index in [0.717, 1.165) is 4.68 Å². The van der Waals surface area contributed by atoms with Crippen LogP contribution < -0.4 is 4.72 Å². The van der Waals surface area contributed by atoms with Gasteiger partial charge in [-0.2, -0.15) is 5.10 Å². The monoisotopic (exact) mass is 291 g/mol. The van der Waals surface area contributed by atoms with Gasteiger partial charge in [0.15, 0.2) is 0 Å². The fourth-order valence-electron chi connectivity index (χ4n) is 1.65. The molecule has 0 aliphatic heterocycles. The van der Waals surface area contributed by atoms with Crippen LogP contribution in [0.3, 0.4) is 0 Å². The maximum Gasteiger partial charge on any atom is 0.325 e. The standard InChI is InChI=1S/C10H17N3O5S/c1-6(14)4-11-19(17,18)10-7(2)12-13(8(10)3)5-9(15)16/h6,11,14H,4-5H2,1-3H3,(H,15,16)/t6-/m1/s1. The molecular formula is C10H17N3O5S. The number of aliphatic hydroxyl groups is 1. The van der Waals surface area contributed by atoms with E-state index < -0.39 is 28.6 Å². The summed E-state index contributed by atoms with van der Waals surface area (Å²) in [5, 5.41) is 21.7. The van der Waals surface area contributed by atoms with Gasteiger partial charge in [-0.25, -0.2) is 13.1 Å². The number of sulfonamides is 1. The van der Waals surface area contributed by atoms with E-state index in [1.165, 1.54) is 20.8 Å². The van der Waals surface area contributed by atoms with Crippen molar-refractivity contribution in [1.29, 1.82) is 0 Å². The Labute approximate surface area is 111 Å². The number of aliphatic carboxylic acids is 1. The van der Waals surface area contributed by atoms with Crippen LogP contribution in [-0.4, -0.2) is 47.0 Å². The molecule has 1 atom stereocenters. The van der Waals surface area contributed by atoms with Gasteiger partial charge < -0.3 is 10.2 Å². The number of aliphatic hydroxyl groups excluding tert-OH is 1. The quantitative estimate of drug-likeness (QED) is 0.633. The Morgan fingerprint density at radius 1 is 1.47 bits per heavy atom. The molecule has 0 spiro atoms. The number of carbonyl (C=O) groups is 1. The predicted octanol–water partition coefficient (Wildman–Crippen LogP) is -0.756. The van der Waals surface area contributed by atoms with Gasteiger partial charge in [-0.1, -0.05) is 0 Å². The number of aryl methyl sites for hydroxylation is 1. The van der Waals surface area contributed by atoms with Crippen molar-refractivity contribution in [3.8, 4) is 0 Å². The Bertz CT molecular complexity index is 576. The second kappa shape index (κ2) is 5.68. The van der Waals surface area contributed by atoms with Crippen LogP contribution in [0.4, 0.5) is 0 Å². The van der Waals surface area contributed by atoms with Crippen LogP contribution in [0.25, 0.3) is 0 Å². The summed E-state index contributed by atoms with van der Waals surface area (Å²) >= 11 is 0. The molecule has 0 unspecified atom stereocenters. The van der Waals surface area contributed by atoms with Gasteiger partial charge in [-0.05, 0) is 20.8 Å². The van der Waals surface area contributed by atoms with Crippen molar-refractivity contribution in [2.24, 2.45) is 0 Å². The fourth-order valence-corrected chi connectivity index (χ4v) is 3.18. The number of nitrogens with zero attached hydrogens (tertiary/aromatic N) is 2. The molecule has 0 aromatic carbocycles. The van der Waals surface area contributed by atoms with E-state index in [9.17, 15) is 13.2 Å². The first kappa shape index (κ1) is 15.6. The third-order valence-corrected chi connectivity index (χ3v) is 4.11. The number of hydrogen-bond donors (Lipinski definition) is 3. The molecule has 0 fully saturated rings. The summed E-state index contributed by atoms with van der Waals surface area (Å²) in [6.07, 6.45) is -0.815. The van der Waals surface area contributed by atoms with E-state index in [1.54, 1.807) is 0 Å². The highest BCUT2D eigenvalue weighted by molar-refractivity contribution is 7.89. The van der Waals surface area contributed by atoms with Crippen LogP contribution in [0, 0.1) is 13.8 Å². The molecule has 0 amide bonds. The molecule has 0 aliphatic rings. The maximum absolute atomic E-state index is 12.1. The lowest BCUT2D eigenvalue weighted by Gasteiger charge is -2.08. The Balaban J connectivity index is 3.13. The molecule has 0 saturated carbocycles. The van der Waals surface area contributed by atoms with E-state index in [-0.39, 0.29) is 22.8 Å². The van der Waals surface area contributed by atoms with E-state index in [0.29, 0.717) is 0 Å². The summed E-state index contributed by atoms with van der Waals surface area (Å²) in [6, 6.07) is 0. The lowest BCUT2D eigenvalue weighted by atomic mass is 10.4. The second-order valence-electron chi connectivity index (χ2n) is 4.25. The first-order valence-electron chi connectivity index (χ1n) is 5.58. The van der Waals surface area contributed by atoms with E-state index in [4.69, 9.17) is 10.2 Å². The number of carboxylic acid groups (broad SMARTS) is 1. The van der Waals surface area contributed by atoms with Crippen LogP contribution in [0.2, 0.25) is 0 Å². The number of carboxylic acids is 1. The van der Waals surface area contributed by atoms with Crippen molar-refractivity contribution < 1.29 is 23.4 Å². The SMILES string of the molecule is Cc1nn(CC(=O)O)c(C)c1S(=O)(=O)NC[C@@H](C)O. The van der Waals surface area contributed by atoms with Crippen LogP contribution in [-0.2, 0) is 21.4 Å². The van der Waals surface area contributed by atoms with Crippen molar-refractivity contribution in [3.05, 3.63) is 11.4 Å². The molecule has 8 nitrogen and oxygen atoms in total. The molecule has 0 radical (unpaired) electrons. The normalized spacial score (nSPS) is 13.5. The van der Waals surface area contributed by atoms with E-state index >= 15 is 0 Å². The summed E-state index contributed by atoms with van der Waals surface area (Å²) in [5.41, 5.74) is 0.467. The van der Waals surface area contributed by atoms with Crippen LogP contribution in [0.5, 0.6) is 0 Å². The Morgan fingerprint density at radius 3 is 2.53 bits per heavy atom. The first-order chi connectivity index (χ1) is 8.65. The minimum absolute atomic E-state index is 0.0469. The Hall–Kier alpha value is -1.45. The molecule has 1 rings (SSSR count). The lowest BCUT2D eigenvalue weighted by Crippen LogP contribution is -2.31. The molecule has 3 N–H and O–H groups in total. The second-order valence-corrected chi connectivity index (χ2v) is 5.96. The van der Waals surface area contributed by atoms with Crippen LogP contribution in [0.15, 0.2) is 4.90 Å². The lowest BCUT2D eigenvalue weighted by molar-refractivity contribution is -0.137. The van der Waals surface area contributed by atoms with Crippen LogP contribution >= 0.6 is 0 Å². The summed E-state index contributed by atoms with van der Waals surface area (Å²) < 4.78 is 27.5. The zero-order chi connectivity index (χ0) is 14.8. The largest absolute Gasteiger partial charge is 0.480 e. The average Bonchev–Trinajstić information content (AvgIpc) is 2.51. The first-order valence-corrected chi connectivity index (χ1v) is 7.07. The Morgan fingerprint density at radius 2 is 2.05 bits per heavy atom. The molecule has 108 valence electrons. The molecule has 0 aliphatic carbocycles. The molecule has 19 heavy (non-hydrogen) atoms. The van der Waals surface area contributed by atoms with E-state index in [2.05, 4.69) is 9.82 Å². The van der Waals surface area contributed by atoms with Crippen molar-refractivity contribution in [2.45, 2.75) is 38.3 Å². The predicted molar refractivity (Wildman–Crippen MR) is 66.2 cm³/mol. The topological polar surface area (TPSA) is 122 Å². The van der Waals surface area contributed by atoms with E-state index in [1.807, 2.05) is 0 Å². The van der Waals surface area contributed by atoms with Gasteiger partial charge in [-0.3, -0.25) is 9.48 Å². The number of hydrogen-bond acceptors (Lipinski definition) is 5. The highest BCUT2D eigenvalue weighted by Crippen LogP contribution is 2.19. The molecule has 9 heteroatoms. The van der Waals surface area contributed by atoms with Crippen molar-refractivity contribution >= 4 is 16.0 Å². The molecular weight excluding hydrogens is 274 g/mol. The summed E-state index contributed by atoms with van der Waals surface area (Å²) in [5.74, 6) is -1.11. The molecule has 1 aromatic rings. The zero-order valence-corrected chi connectivity index (χ0v) is 11.7. The number of aromatic nitrogens is 2. The Kier molecular flexibility index (Phi) is 4.66. The molecule has 0 saturated heterocycles. The van der Waals surface area contributed by atoms with Crippen molar-refractivity contribution in [2.75, 3.05) is 6.54 Å². The van der Waals surface area contributed by atoms with Gasteiger partial charge in [0.2, 0.25) is 10.0 Å². The van der Waals surface area contributed by atoms with Gasteiger partial charge in [-0.15, -0.1) is 0 Å². The van der Waals surface area contributed by atoms with Crippen LogP contribution in [0.1, 0.15) is 18.3 Å². The minimum Gasteiger partial charge on any atom is -0.480 e. The summed E-state index contributed by atoms with van der Waals surface area (Å²) in [6.45, 7) is 3.90. The van der Waals surface area contributed by atoms with Gasteiger partial charge in [0, 0.05) is 6.54 Å². The van der Waals surface area contributed by atoms with Crippen molar-refractivity contribution in [3.63, 3.8) is 0 Å². The third-order valence-electron chi connectivity index (χ3n) is 2.44. The molecule has 1 heterocycles. The number of rotatable bonds is 6. The highest BCUT2D eigenvalue weighted by atomic mass is 32.2. The van der Waals surface area contributed by atoms with Crippen molar-refractivity contribution in [1.82, 2.24) is 14.5 Å².